The zero-order valence-electron chi connectivity index (χ0n) is 21.8. The topological polar surface area (TPSA) is 67.9 Å². The summed E-state index contributed by atoms with van der Waals surface area (Å²) in [6.45, 7) is 0.866. The van der Waals surface area contributed by atoms with E-state index in [1.807, 2.05) is 109 Å². The van der Waals surface area contributed by atoms with Crippen LogP contribution in [0.1, 0.15) is 28.7 Å². The molecule has 0 aromatic heterocycles. The fraction of sp³-hybridized carbons (Fsp3) is 0.212. The molecule has 0 radical (unpaired) electrons. The van der Waals surface area contributed by atoms with Crippen molar-refractivity contribution in [3.05, 3.63) is 131 Å². The van der Waals surface area contributed by atoms with E-state index in [4.69, 9.17) is 9.47 Å². The molecular formula is C33H32N2O4. The van der Waals surface area contributed by atoms with Crippen molar-refractivity contribution in [2.24, 2.45) is 0 Å². The molecule has 0 unspecified atom stereocenters. The smallest absolute Gasteiger partial charge is 0.243 e. The molecule has 6 nitrogen and oxygen atoms in total. The van der Waals surface area contributed by atoms with Crippen LogP contribution in [0.5, 0.6) is 11.5 Å². The molecule has 198 valence electrons. The summed E-state index contributed by atoms with van der Waals surface area (Å²) in [6.07, 6.45) is 1.34. The van der Waals surface area contributed by atoms with Crippen LogP contribution in [0.3, 0.4) is 0 Å². The first kappa shape index (κ1) is 26.0. The van der Waals surface area contributed by atoms with Crippen molar-refractivity contribution in [3.8, 4) is 11.5 Å². The lowest BCUT2D eigenvalue weighted by atomic mass is 10.0. The molecule has 1 N–H and O–H groups in total. The van der Waals surface area contributed by atoms with Gasteiger partial charge in [0.2, 0.25) is 18.6 Å². The molecule has 1 heterocycles. The summed E-state index contributed by atoms with van der Waals surface area (Å²) in [7, 11) is 0. The standard InChI is InChI=1S/C33H32N2O4/c36-32(19-17-25-10-4-1-5-11-25)35(23-27-14-8-3-9-15-27)29(20-26-12-6-2-7-13-26)33(37)34-22-28-16-18-30-31(21-28)39-24-38-30/h1-16,18,21,29H,17,19-20,22-24H2,(H,34,37)/t29-/m1/s1. The molecule has 0 saturated carbocycles. The molecule has 4 aromatic rings. The van der Waals surface area contributed by atoms with Crippen molar-refractivity contribution in [3.63, 3.8) is 0 Å². The number of nitrogens with zero attached hydrogens (tertiary/aromatic N) is 1. The van der Waals surface area contributed by atoms with Gasteiger partial charge in [-0.1, -0.05) is 97.1 Å². The van der Waals surface area contributed by atoms with Gasteiger partial charge < -0.3 is 19.7 Å². The molecule has 1 atom stereocenters. The van der Waals surface area contributed by atoms with Crippen LogP contribution in [0.4, 0.5) is 0 Å². The number of rotatable bonds is 11. The van der Waals surface area contributed by atoms with Crippen LogP contribution in [-0.4, -0.2) is 29.5 Å². The molecule has 0 aliphatic carbocycles. The summed E-state index contributed by atoms with van der Waals surface area (Å²) in [4.78, 5) is 29.3. The molecule has 1 aliphatic heterocycles. The van der Waals surface area contributed by atoms with Gasteiger partial charge in [0.15, 0.2) is 11.5 Å². The molecule has 39 heavy (non-hydrogen) atoms. The Labute approximate surface area is 229 Å². The third kappa shape index (κ3) is 7.05. The second kappa shape index (κ2) is 12.8. The third-order valence-electron chi connectivity index (χ3n) is 6.84. The average Bonchev–Trinajstić information content (AvgIpc) is 3.46. The lowest BCUT2D eigenvalue weighted by molar-refractivity contribution is -0.141. The second-order valence-corrected chi connectivity index (χ2v) is 9.60. The first-order valence-electron chi connectivity index (χ1n) is 13.2. The quantitative estimate of drug-likeness (QED) is 0.291. The van der Waals surface area contributed by atoms with Crippen molar-refractivity contribution in [2.45, 2.75) is 38.4 Å². The first-order chi connectivity index (χ1) is 19.2. The SMILES string of the molecule is O=C(NCc1ccc2c(c1)OCO2)[C@@H](Cc1ccccc1)N(Cc1ccccc1)C(=O)CCc1ccccc1. The number of hydrogen-bond donors (Lipinski definition) is 1. The highest BCUT2D eigenvalue weighted by Crippen LogP contribution is 2.32. The van der Waals surface area contributed by atoms with Gasteiger partial charge in [0.25, 0.3) is 0 Å². The summed E-state index contributed by atoms with van der Waals surface area (Å²) in [5.74, 6) is 1.12. The van der Waals surface area contributed by atoms with E-state index in [1.54, 1.807) is 4.90 Å². The average molecular weight is 521 g/mol. The Kier molecular flexibility index (Phi) is 8.54. The van der Waals surface area contributed by atoms with E-state index in [2.05, 4.69) is 5.32 Å². The highest BCUT2D eigenvalue weighted by molar-refractivity contribution is 5.88. The van der Waals surface area contributed by atoms with Crippen LogP contribution >= 0.6 is 0 Å². The fourth-order valence-electron chi connectivity index (χ4n) is 4.73. The van der Waals surface area contributed by atoms with Gasteiger partial charge in [-0.3, -0.25) is 9.59 Å². The van der Waals surface area contributed by atoms with Crippen molar-refractivity contribution in [2.75, 3.05) is 6.79 Å². The Morgan fingerprint density at radius 1 is 0.718 bits per heavy atom. The zero-order valence-corrected chi connectivity index (χ0v) is 21.8. The van der Waals surface area contributed by atoms with Crippen LogP contribution in [0, 0.1) is 0 Å². The Bertz CT molecular complexity index is 1380. The molecule has 0 fully saturated rings. The van der Waals surface area contributed by atoms with Gasteiger partial charge in [-0.25, -0.2) is 0 Å². The molecule has 6 heteroatoms. The molecule has 1 aliphatic rings. The van der Waals surface area contributed by atoms with Gasteiger partial charge in [-0.15, -0.1) is 0 Å². The van der Waals surface area contributed by atoms with E-state index >= 15 is 0 Å². The third-order valence-corrected chi connectivity index (χ3v) is 6.84. The van der Waals surface area contributed by atoms with Crippen LogP contribution in [0.2, 0.25) is 0 Å². The first-order valence-corrected chi connectivity index (χ1v) is 13.2. The number of amides is 2. The molecule has 2 amide bonds. The number of fused-ring (bicyclic) bond motifs is 1. The highest BCUT2D eigenvalue weighted by Gasteiger charge is 2.30. The largest absolute Gasteiger partial charge is 0.454 e. The predicted molar refractivity (Wildman–Crippen MR) is 150 cm³/mol. The normalized spacial score (nSPS) is 12.5. The maximum absolute atomic E-state index is 13.8. The van der Waals surface area contributed by atoms with E-state index in [9.17, 15) is 9.59 Å². The van der Waals surface area contributed by atoms with Gasteiger partial charge in [-0.2, -0.15) is 0 Å². The summed E-state index contributed by atoms with van der Waals surface area (Å²) < 4.78 is 10.9. The maximum atomic E-state index is 13.8. The van der Waals surface area contributed by atoms with Gasteiger partial charge in [0.05, 0.1) is 0 Å². The van der Waals surface area contributed by atoms with E-state index in [-0.39, 0.29) is 18.6 Å². The molecular weight excluding hydrogens is 488 g/mol. The lowest BCUT2D eigenvalue weighted by Gasteiger charge is -2.31. The van der Waals surface area contributed by atoms with Crippen molar-refractivity contribution >= 4 is 11.8 Å². The second-order valence-electron chi connectivity index (χ2n) is 9.60. The monoisotopic (exact) mass is 520 g/mol. The van der Waals surface area contributed by atoms with Gasteiger partial charge >= 0.3 is 0 Å². The van der Waals surface area contributed by atoms with E-state index in [1.165, 1.54) is 0 Å². The number of carbonyl (C=O) groups excluding carboxylic acids is 2. The number of benzene rings is 4. The lowest BCUT2D eigenvalue weighted by Crippen LogP contribution is -2.50. The summed E-state index contributed by atoms with van der Waals surface area (Å²) in [5, 5.41) is 3.08. The molecule has 4 aromatic carbocycles. The molecule has 0 saturated heterocycles. The number of hydrogen-bond acceptors (Lipinski definition) is 4. The van der Waals surface area contributed by atoms with Crippen LogP contribution in [0.25, 0.3) is 0 Å². The number of nitrogens with one attached hydrogen (secondary N) is 1. The summed E-state index contributed by atoms with van der Waals surface area (Å²) >= 11 is 0. The Hall–Kier alpha value is -4.58. The molecule has 0 bridgehead atoms. The summed E-state index contributed by atoms with van der Waals surface area (Å²) in [5.41, 5.74) is 3.97. The van der Waals surface area contributed by atoms with E-state index < -0.39 is 6.04 Å². The highest BCUT2D eigenvalue weighted by atomic mass is 16.7. The fourth-order valence-corrected chi connectivity index (χ4v) is 4.73. The predicted octanol–water partition coefficient (Wildman–Crippen LogP) is 5.30. The van der Waals surface area contributed by atoms with E-state index in [0.29, 0.717) is 43.9 Å². The molecule has 5 rings (SSSR count). The number of carbonyl (C=O) groups is 2. The minimum Gasteiger partial charge on any atom is -0.454 e. The Morgan fingerprint density at radius 2 is 1.33 bits per heavy atom. The zero-order chi connectivity index (χ0) is 26.9. The van der Waals surface area contributed by atoms with Crippen LogP contribution in [-0.2, 0) is 35.5 Å². The Morgan fingerprint density at radius 3 is 2.03 bits per heavy atom. The maximum Gasteiger partial charge on any atom is 0.243 e. The van der Waals surface area contributed by atoms with Crippen LogP contribution < -0.4 is 14.8 Å². The van der Waals surface area contributed by atoms with Gasteiger partial charge in [0, 0.05) is 25.9 Å². The minimum atomic E-state index is -0.676. The van der Waals surface area contributed by atoms with E-state index in [0.717, 1.165) is 22.3 Å². The Balaban J connectivity index is 1.38. The summed E-state index contributed by atoms with van der Waals surface area (Å²) in [6, 6.07) is 34.6. The molecule has 0 spiro atoms. The van der Waals surface area contributed by atoms with Crippen molar-refractivity contribution in [1.29, 1.82) is 0 Å². The van der Waals surface area contributed by atoms with Crippen LogP contribution in [0.15, 0.2) is 109 Å². The van der Waals surface area contributed by atoms with Gasteiger partial charge in [0.1, 0.15) is 6.04 Å². The van der Waals surface area contributed by atoms with Gasteiger partial charge in [-0.05, 0) is 40.8 Å². The number of aryl methyl sites for hydroxylation is 1. The van der Waals surface area contributed by atoms with Crippen molar-refractivity contribution in [1.82, 2.24) is 10.2 Å². The number of ether oxygens (including phenoxy) is 2. The minimum absolute atomic E-state index is 0.0538. The van der Waals surface area contributed by atoms with Crippen molar-refractivity contribution < 1.29 is 19.1 Å².